The SMILES string of the molecule is N.N=C(N)N.Oc1ccsn1. The van der Waals surface area contributed by atoms with Gasteiger partial charge in [0.05, 0.1) is 0 Å². The van der Waals surface area contributed by atoms with Crippen molar-refractivity contribution in [2.45, 2.75) is 0 Å². The first kappa shape index (κ1) is 12.3. The first-order chi connectivity index (χ1) is 4.63. The van der Waals surface area contributed by atoms with E-state index in [-0.39, 0.29) is 18.0 Å². The maximum Gasteiger partial charge on any atom is 0.222 e. The molecule has 9 N–H and O–H groups in total. The van der Waals surface area contributed by atoms with Gasteiger partial charge in [0.1, 0.15) is 0 Å². The topological polar surface area (TPSA) is 144 Å². The lowest BCUT2D eigenvalue weighted by molar-refractivity contribution is 0.460. The van der Waals surface area contributed by atoms with Crippen LogP contribution in [0.25, 0.3) is 0 Å². The van der Waals surface area contributed by atoms with Crippen LogP contribution in [-0.2, 0) is 0 Å². The third-order valence-electron chi connectivity index (χ3n) is 0.424. The molecule has 0 aliphatic heterocycles. The average Bonchev–Trinajstić information content (AvgIpc) is 2.15. The fourth-order valence-electron chi connectivity index (χ4n) is 0.206. The van der Waals surface area contributed by atoms with Gasteiger partial charge in [-0.2, -0.15) is 4.37 Å². The molecule has 1 aromatic heterocycles. The maximum absolute atomic E-state index is 8.37. The van der Waals surface area contributed by atoms with Crippen LogP contribution in [0.5, 0.6) is 5.88 Å². The minimum Gasteiger partial charge on any atom is -0.493 e. The summed E-state index contributed by atoms with van der Waals surface area (Å²) in [5.41, 5.74) is 8.94. The number of hydrogen-bond donors (Lipinski definition) is 5. The van der Waals surface area contributed by atoms with Crippen LogP contribution in [0, 0.1) is 5.41 Å². The number of hydrogen-bond acceptors (Lipinski definition) is 5. The first-order valence-electron chi connectivity index (χ1n) is 2.31. The second-order valence-electron chi connectivity index (χ2n) is 1.31. The highest BCUT2D eigenvalue weighted by atomic mass is 32.1. The molecule has 7 heteroatoms. The highest BCUT2D eigenvalue weighted by Gasteiger charge is 1.79. The van der Waals surface area contributed by atoms with Gasteiger partial charge in [0, 0.05) is 11.4 Å². The number of aromatic hydroxyl groups is 1. The Hall–Kier alpha value is -1.34. The summed E-state index contributed by atoms with van der Waals surface area (Å²) in [4.78, 5) is 0. The summed E-state index contributed by atoms with van der Waals surface area (Å²) in [6, 6.07) is 1.55. The van der Waals surface area contributed by atoms with Crippen molar-refractivity contribution < 1.29 is 5.11 Å². The van der Waals surface area contributed by atoms with E-state index in [9.17, 15) is 0 Å². The first-order valence-corrected chi connectivity index (χ1v) is 3.15. The lowest BCUT2D eigenvalue weighted by atomic mass is 10.7. The average molecular weight is 177 g/mol. The fourth-order valence-corrected chi connectivity index (χ4v) is 0.618. The van der Waals surface area contributed by atoms with Crippen LogP contribution >= 0.6 is 11.5 Å². The summed E-state index contributed by atoms with van der Waals surface area (Å²) in [5, 5.41) is 16.1. The summed E-state index contributed by atoms with van der Waals surface area (Å²) >= 11 is 1.24. The van der Waals surface area contributed by atoms with Crippen LogP contribution < -0.4 is 17.6 Å². The van der Waals surface area contributed by atoms with Crippen molar-refractivity contribution in [1.82, 2.24) is 10.5 Å². The van der Waals surface area contributed by atoms with E-state index in [0.29, 0.717) is 0 Å². The van der Waals surface area contributed by atoms with Gasteiger partial charge in [-0.05, 0) is 11.5 Å². The lowest BCUT2D eigenvalue weighted by Crippen LogP contribution is -2.20. The van der Waals surface area contributed by atoms with Gasteiger partial charge < -0.3 is 22.7 Å². The zero-order chi connectivity index (χ0) is 7.98. The third-order valence-corrected chi connectivity index (χ3v) is 0.974. The summed E-state index contributed by atoms with van der Waals surface area (Å²) < 4.78 is 3.51. The lowest BCUT2D eigenvalue weighted by Gasteiger charge is -1.69. The Morgan fingerprint density at radius 2 is 2.09 bits per heavy atom. The van der Waals surface area contributed by atoms with Gasteiger partial charge >= 0.3 is 0 Å². The Bertz CT molecular complexity index is 182. The molecule has 0 aliphatic rings. The van der Waals surface area contributed by atoms with Crippen molar-refractivity contribution >= 4 is 17.5 Å². The number of nitrogens with one attached hydrogen (secondary N) is 1. The summed E-state index contributed by atoms with van der Waals surface area (Å²) in [6.45, 7) is 0. The molecule has 0 spiro atoms. The molecular formula is C4H11N5OS. The molecule has 1 heterocycles. The van der Waals surface area contributed by atoms with E-state index in [2.05, 4.69) is 15.8 Å². The Labute approximate surface area is 68.1 Å². The molecule has 64 valence electrons. The van der Waals surface area contributed by atoms with Crippen molar-refractivity contribution in [3.8, 4) is 5.88 Å². The molecule has 0 saturated carbocycles. The van der Waals surface area contributed by atoms with Crippen LogP contribution in [0.4, 0.5) is 0 Å². The molecular weight excluding hydrogens is 166 g/mol. The van der Waals surface area contributed by atoms with Crippen LogP contribution in [0.3, 0.4) is 0 Å². The molecule has 0 atom stereocenters. The number of guanidine groups is 1. The number of nitrogens with zero attached hydrogens (tertiary/aromatic N) is 1. The molecule has 0 unspecified atom stereocenters. The monoisotopic (exact) mass is 177 g/mol. The van der Waals surface area contributed by atoms with Gasteiger partial charge in [-0.3, -0.25) is 5.41 Å². The van der Waals surface area contributed by atoms with Gasteiger partial charge in [0.15, 0.2) is 5.96 Å². The number of aromatic nitrogens is 1. The largest absolute Gasteiger partial charge is 0.493 e. The molecule has 6 nitrogen and oxygen atoms in total. The van der Waals surface area contributed by atoms with Crippen LogP contribution in [0.1, 0.15) is 0 Å². The quantitative estimate of drug-likeness (QED) is 0.276. The Kier molecular flexibility index (Phi) is 7.61. The van der Waals surface area contributed by atoms with Gasteiger partial charge in [0.25, 0.3) is 0 Å². The maximum atomic E-state index is 8.37. The number of rotatable bonds is 0. The van der Waals surface area contributed by atoms with Crippen molar-refractivity contribution in [2.24, 2.45) is 11.5 Å². The van der Waals surface area contributed by atoms with Crippen molar-refractivity contribution in [1.29, 1.82) is 5.41 Å². The van der Waals surface area contributed by atoms with E-state index < -0.39 is 0 Å². The van der Waals surface area contributed by atoms with Gasteiger partial charge in [-0.25, -0.2) is 0 Å². The minimum atomic E-state index is -0.333. The smallest absolute Gasteiger partial charge is 0.222 e. The molecule has 0 radical (unpaired) electrons. The molecule has 0 aliphatic carbocycles. The predicted molar refractivity (Wildman–Crippen MR) is 44.9 cm³/mol. The van der Waals surface area contributed by atoms with E-state index in [1.807, 2.05) is 0 Å². The molecule has 0 fully saturated rings. The predicted octanol–water partition coefficient (Wildman–Crippen LogP) is -0.151. The molecule has 11 heavy (non-hydrogen) atoms. The van der Waals surface area contributed by atoms with Crippen LogP contribution in [0.2, 0.25) is 0 Å². The number of nitrogens with two attached hydrogens (primary N) is 2. The Morgan fingerprint density at radius 3 is 2.18 bits per heavy atom. The zero-order valence-corrected chi connectivity index (χ0v) is 6.64. The summed E-state index contributed by atoms with van der Waals surface area (Å²) in [7, 11) is 0. The third kappa shape index (κ3) is 12.0. The second-order valence-corrected chi connectivity index (χ2v) is 1.98. The molecule has 0 aromatic carbocycles. The highest BCUT2D eigenvalue weighted by Crippen LogP contribution is 2.03. The van der Waals surface area contributed by atoms with Crippen molar-refractivity contribution in [3.05, 3.63) is 11.4 Å². The summed E-state index contributed by atoms with van der Waals surface area (Å²) in [5.74, 6) is -0.222. The molecule has 0 bridgehead atoms. The highest BCUT2D eigenvalue weighted by molar-refractivity contribution is 7.03. The van der Waals surface area contributed by atoms with E-state index in [1.165, 1.54) is 11.5 Å². The van der Waals surface area contributed by atoms with E-state index in [1.54, 1.807) is 11.4 Å². The van der Waals surface area contributed by atoms with Crippen molar-refractivity contribution in [2.75, 3.05) is 0 Å². The molecule has 1 rings (SSSR count). The van der Waals surface area contributed by atoms with Crippen LogP contribution in [-0.4, -0.2) is 15.4 Å². The van der Waals surface area contributed by atoms with Gasteiger partial charge in [-0.1, -0.05) is 0 Å². The van der Waals surface area contributed by atoms with E-state index in [0.717, 1.165) is 0 Å². The molecule has 0 saturated heterocycles. The van der Waals surface area contributed by atoms with E-state index >= 15 is 0 Å². The summed E-state index contributed by atoms with van der Waals surface area (Å²) in [6.07, 6.45) is 0. The normalized spacial score (nSPS) is 6.91. The Morgan fingerprint density at radius 1 is 1.64 bits per heavy atom. The molecule has 1 aromatic rings. The van der Waals surface area contributed by atoms with Gasteiger partial charge in [-0.15, -0.1) is 0 Å². The van der Waals surface area contributed by atoms with Gasteiger partial charge in [0.2, 0.25) is 5.88 Å². The van der Waals surface area contributed by atoms with Crippen LogP contribution in [0.15, 0.2) is 11.4 Å². The van der Waals surface area contributed by atoms with Crippen molar-refractivity contribution in [3.63, 3.8) is 0 Å². The van der Waals surface area contributed by atoms with E-state index in [4.69, 9.17) is 10.5 Å². The second kappa shape index (κ2) is 6.78. The Balaban J connectivity index is 0. The fraction of sp³-hybridized carbons (Fsp3) is 0. The molecule has 0 amide bonds. The zero-order valence-electron chi connectivity index (χ0n) is 5.82. The standard InChI is InChI=1S/C3H3NOS.CH5N3.H3N/c5-3-1-2-6-4-3;2-1(3)4;/h1-2H,(H,4,5);(H5,2,3,4);1H3. The minimum absolute atomic E-state index is 0.